The van der Waals surface area contributed by atoms with E-state index in [1.54, 1.807) is 12.3 Å². The number of hydrogen-bond donors (Lipinski definition) is 2. The van der Waals surface area contributed by atoms with Crippen LogP contribution >= 0.6 is 0 Å². The summed E-state index contributed by atoms with van der Waals surface area (Å²) in [5.74, 6) is 0.381. The first-order valence-electron chi connectivity index (χ1n) is 3.58. The number of anilines is 1. The van der Waals surface area contributed by atoms with E-state index in [0.717, 1.165) is 5.56 Å². The Morgan fingerprint density at radius 2 is 2.33 bits per heavy atom. The lowest BCUT2D eigenvalue weighted by Gasteiger charge is -2.11. The van der Waals surface area contributed by atoms with Crippen molar-refractivity contribution in [1.29, 1.82) is 0 Å². The minimum atomic E-state index is -0.921. The van der Waals surface area contributed by atoms with Gasteiger partial charge >= 0.3 is 0 Å². The molecule has 12 heavy (non-hydrogen) atoms. The van der Waals surface area contributed by atoms with Gasteiger partial charge in [0.15, 0.2) is 6.29 Å². The molecule has 0 aliphatic rings. The molecule has 0 spiro atoms. The smallest absolute Gasteiger partial charge is 0.181 e. The predicted molar refractivity (Wildman–Crippen MR) is 45.4 cm³/mol. The van der Waals surface area contributed by atoms with Crippen molar-refractivity contribution in [2.24, 2.45) is 0 Å². The van der Waals surface area contributed by atoms with E-state index in [9.17, 15) is 5.11 Å². The topological polar surface area (TPSA) is 68.4 Å². The number of nitrogen functional groups attached to an aromatic ring is 1. The molecule has 1 aromatic heterocycles. The predicted octanol–water partition coefficient (Wildman–Crippen LogP) is 0.610. The van der Waals surface area contributed by atoms with E-state index >= 15 is 0 Å². The average molecular weight is 168 g/mol. The molecule has 1 aromatic rings. The number of aromatic nitrogens is 1. The van der Waals surface area contributed by atoms with Gasteiger partial charge in [0.05, 0.1) is 0 Å². The zero-order valence-electron chi connectivity index (χ0n) is 7.11. The van der Waals surface area contributed by atoms with E-state index in [2.05, 4.69) is 4.98 Å². The number of nitrogens with two attached hydrogens (primary N) is 1. The van der Waals surface area contributed by atoms with Gasteiger partial charge in [-0.15, -0.1) is 0 Å². The number of hydrogen-bond acceptors (Lipinski definition) is 4. The van der Waals surface area contributed by atoms with Crippen LogP contribution in [0, 0.1) is 6.92 Å². The van der Waals surface area contributed by atoms with Crippen LogP contribution in [0.4, 0.5) is 5.82 Å². The summed E-state index contributed by atoms with van der Waals surface area (Å²) in [6, 6.07) is 1.60. The van der Waals surface area contributed by atoms with E-state index in [-0.39, 0.29) is 0 Å². The van der Waals surface area contributed by atoms with Crippen molar-refractivity contribution in [2.45, 2.75) is 13.2 Å². The summed E-state index contributed by atoms with van der Waals surface area (Å²) in [7, 11) is 1.43. The molecular weight excluding hydrogens is 156 g/mol. The Morgan fingerprint density at radius 1 is 1.67 bits per heavy atom. The maximum atomic E-state index is 9.33. The third-order valence-electron chi connectivity index (χ3n) is 1.66. The molecule has 0 radical (unpaired) electrons. The lowest BCUT2D eigenvalue weighted by Crippen LogP contribution is -2.04. The van der Waals surface area contributed by atoms with Crippen LogP contribution in [0.25, 0.3) is 0 Å². The van der Waals surface area contributed by atoms with E-state index in [0.29, 0.717) is 11.4 Å². The molecule has 0 aliphatic heterocycles. The van der Waals surface area contributed by atoms with Gasteiger partial charge in [-0.2, -0.15) is 0 Å². The largest absolute Gasteiger partial charge is 0.384 e. The molecule has 0 fully saturated rings. The fourth-order valence-electron chi connectivity index (χ4n) is 0.949. The second-order valence-electron chi connectivity index (χ2n) is 2.55. The Kier molecular flexibility index (Phi) is 2.62. The number of ether oxygens (including phenoxy) is 1. The van der Waals surface area contributed by atoms with Crippen LogP contribution in [-0.4, -0.2) is 17.2 Å². The van der Waals surface area contributed by atoms with Gasteiger partial charge in [0.2, 0.25) is 0 Å². The van der Waals surface area contributed by atoms with Crippen molar-refractivity contribution in [3.05, 3.63) is 23.4 Å². The molecule has 0 saturated carbocycles. The first kappa shape index (κ1) is 8.96. The summed E-state index contributed by atoms with van der Waals surface area (Å²) < 4.78 is 4.74. The van der Waals surface area contributed by atoms with Gasteiger partial charge in [-0.1, -0.05) is 0 Å². The number of rotatable bonds is 2. The molecule has 0 aromatic carbocycles. The van der Waals surface area contributed by atoms with Gasteiger partial charge in [-0.05, 0) is 18.6 Å². The highest BCUT2D eigenvalue weighted by molar-refractivity contribution is 5.37. The van der Waals surface area contributed by atoms with Crippen molar-refractivity contribution in [1.82, 2.24) is 4.98 Å². The number of methoxy groups -OCH3 is 1. The van der Waals surface area contributed by atoms with Crippen LogP contribution in [0.1, 0.15) is 17.4 Å². The lowest BCUT2D eigenvalue weighted by molar-refractivity contribution is -0.0773. The van der Waals surface area contributed by atoms with Crippen molar-refractivity contribution in [3.8, 4) is 0 Å². The number of aliphatic hydroxyl groups is 1. The minimum Gasteiger partial charge on any atom is -0.384 e. The van der Waals surface area contributed by atoms with Crippen LogP contribution in [0.2, 0.25) is 0 Å². The molecule has 0 saturated heterocycles. The first-order chi connectivity index (χ1) is 5.65. The third-order valence-corrected chi connectivity index (χ3v) is 1.66. The zero-order valence-corrected chi connectivity index (χ0v) is 7.11. The van der Waals surface area contributed by atoms with Gasteiger partial charge in [0.25, 0.3) is 0 Å². The molecule has 4 nitrogen and oxygen atoms in total. The molecule has 1 atom stereocenters. The molecule has 3 N–H and O–H groups in total. The monoisotopic (exact) mass is 168 g/mol. The SMILES string of the molecule is COC(O)c1cc(N)ncc1C. The standard InChI is InChI=1S/C8H12N2O2/c1-5-4-10-7(9)3-6(5)8(11)12-2/h3-4,8,11H,1-2H3,(H2,9,10). The highest BCUT2D eigenvalue weighted by Gasteiger charge is 2.09. The molecule has 0 aliphatic carbocycles. The van der Waals surface area contributed by atoms with E-state index in [4.69, 9.17) is 10.5 Å². The number of aliphatic hydroxyl groups excluding tert-OH is 1. The summed E-state index contributed by atoms with van der Waals surface area (Å²) >= 11 is 0. The van der Waals surface area contributed by atoms with Crippen LogP contribution in [0.3, 0.4) is 0 Å². The summed E-state index contributed by atoms with van der Waals surface area (Å²) in [4.78, 5) is 3.87. The van der Waals surface area contributed by atoms with Crippen molar-refractivity contribution < 1.29 is 9.84 Å². The average Bonchev–Trinajstić information content (AvgIpc) is 2.08. The first-order valence-corrected chi connectivity index (χ1v) is 3.58. The second kappa shape index (κ2) is 3.51. The molecule has 4 heteroatoms. The summed E-state index contributed by atoms with van der Waals surface area (Å²) in [6.45, 7) is 1.84. The van der Waals surface area contributed by atoms with Crippen molar-refractivity contribution in [2.75, 3.05) is 12.8 Å². The number of nitrogens with zero attached hydrogens (tertiary/aromatic N) is 1. The highest BCUT2D eigenvalue weighted by Crippen LogP contribution is 2.18. The summed E-state index contributed by atoms with van der Waals surface area (Å²) in [5, 5.41) is 9.33. The molecule has 0 amide bonds. The summed E-state index contributed by atoms with van der Waals surface area (Å²) in [6.07, 6.45) is 0.683. The Balaban J connectivity index is 3.04. The zero-order chi connectivity index (χ0) is 9.14. The van der Waals surface area contributed by atoms with Gasteiger partial charge in [-0.25, -0.2) is 4.98 Å². The maximum Gasteiger partial charge on any atom is 0.181 e. The Morgan fingerprint density at radius 3 is 2.92 bits per heavy atom. The Labute approximate surface area is 71.0 Å². The van der Waals surface area contributed by atoms with E-state index in [1.807, 2.05) is 6.92 Å². The van der Waals surface area contributed by atoms with Crippen LogP contribution in [0.5, 0.6) is 0 Å². The van der Waals surface area contributed by atoms with Crippen LogP contribution in [-0.2, 0) is 4.74 Å². The molecule has 66 valence electrons. The third kappa shape index (κ3) is 1.72. The summed E-state index contributed by atoms with van der Waals surface area (Å²) in [5.41, 5.74) is 6.96. The Hall–Kier alpha value is -1.13. The normalized spacial score (nSPS) is 12.9. The fraction of sp³-hybridized carbons (Fsp3) is 0.375. The van der Waals surface area contributed by atoms with Gasteiger partial charge in [-0.3, -0.25) is 0 Å². The van der Waals surface area contributed by atoms with Crippen molar-refractivity contribution >= 4 is 5.82 Å². The van der Waals surface area contributed by atoms with Crippen molar-refractivity contribution in [3.63, 3.8) is 0 Å². The second-order valence-corrected chi connectivity index (χ2v) is 2.55. The number of aryl methyl sites for hydroxylation is 1. The molecule has 1 rings (SSSR count). The quantitative estimate of drug-likeness (QED) is 0.635. The van der Waals surface area contributed by atoms with E-state index < -0.39 is 6.29 Å². The molecule has 1 unspecified atom stereocenters. The van der Waals surface area contributed by atoms with Gasteiger partial charge in [0.1, 0.15) is 5.82 Å². The molecular formula is C8H12N2O2. The molecule has 0 bridgehead atoms. The lowest BCUT2D eigenvalue weighted by atomic mass is 10.1. The van der Waals surface area contributed by atoms with Crippen LogP contribution < -0.4 is 5.73 Å². The maximum absolute atomic E-state index is 9.33. The van der Waals surface area contributed by atoms with E-state index in [1.165, 1.54) is 7.11 Å². The fourth-order valence-corrected chi connectivity index (χ4v) is 0.949. The highest BCUT2D eigenvalue weighted by atomic mass is 16.6. The van der Waals surface area contributed by atoms with Crippen LogP contribution in [0.15, 0.2) is 12.3 Å². The minimum absolute atomic E-state index is 0.381. The number of pyridine rings is 1. The van der Waals surface area contributed by atoms with Gasteiger partial charge < -0.3 is 15.6 Å². The van der Waals surface area contributed by atoms with Gasteiger partial charge in [0, 0.05) is 18.9 Å². The Bertz CT molecular complexity index is 276. The molecule has 1 heterocycles.